The third-order valence-corrected chi connectivity index (χ3v) is 1.26. The van der Waals surface area contributed by atoms with Gasteiger partial charge >= 0.3 is 0 Å². The van der Waals surface area contributed by atoms with E-state index in [1.165, 1.54) is 0 Å². The van der Waals surface area contributed by atoms with Crippen LogP contribution in [0.2, 0.25) is 0 Å². The van der Waals surface area contributed by atoms with Crippen molar-refractivity contribution >= 4 is 10.1 Å². The molecule has 0 aromatic rings. The molecular formula is C2H5FO4S. The second kappa shape index (κ2) is 2.38. The lowest BCUT2D eigenvalue weighted by Crippen LogP contribution is -2.18. The summed E-state index contributed by atoms with van der Waals surface area (Å²) >= 11 is 0. The molecule has 0 heterocycles. The molecule has 4 nitrogen and oxygen atoms in total. The van der Waals surface area contributed by atoms with Gasteiger partial charge in [0.15, 0.2) is 0 Å². The van der Waals surface area contributed by atoms with Crippen molar-refractivity contribution in [3.05, 3.63) is 0 Å². The third-order valence-electron chi connectivity index (χ3n) is 0.467. The Kier molecular flexibility index (Phi) is 2.32. The molecule has 0 fully saturated rings. The molecule has 0 aliphatic carbocycles. The van der Waals surface area contributed by atoms with Gasteiger partial charge < -0.3 is 5.11 Å². The highest BCUT2D eigenvalue weighted by Gasteiger charge is 2.19. The molecule has 1 atom stereocenters. The molecule has 0 amide bonds. The summed E-state index contributed by atoms with van der Waals surface area (Å²) in [5.41, 5.74) is -2.57. The van der Waals surface area contributed by atoms with E-state index in [2.05, 4.69) is 0 Å². The molecule has 6 heteroatoms. The fourth-order valence-electron chi connectivity index (χ4n) is 0.0942. The predicted molar refractivity (Wildman–Crippen MR) is 23.5 cm³/mol. The van der Waals surface area contributed by atoms with Crippen LogP contribution in [0.5, 0.6) is 0 Å². The van der Waals surface area contributed by atoms with E-state index in [4.69, 9.17) is 9.66 Å². The van der Waals surface area contributed by atoms with E-state index in [-0.39, 0.29) is 0 Å². The molecule has 0 saturated carbocycles. The molecule has 0 radical (unpaired) electrons. The minimum Gasteiger partial charge on any atom is -0.392 e. The van der Waals surface area contributed by atoms with Crippen molar-refractivity contribution in [2.45, 2.75) is 5.50 Å². The summed E-state index contributed by atoms with van der Waals surface area (Å²) in [7, 11) is -4.67. The van der Waals surface area contributed by atoms with Crippen LogP contribution in [0.25, 0.3) is 0 Å². The van der Waals surface area contributed by atoms with Gasteiger partial charge in [-0.3, -0.25) is 4.55 Å². The summed E-state index contributed by atoms with van der Waals surface area (Å²) in [5.74, 6) is 0. The van der Waals surface area contributed by atoms with Gasteiger partial charge in [-0.15, -0.1) is 0 Å². The fraction of sp³-hybridized carbons (Fsp3) is 1.00. The Morgan fingerprint density at radius 1 is 1.62 bits per heavy atom. The van der Waals surface area contributed by atoms with Gasteiger partial charge in [-0.25, -0.2) is 4.39 Å². The summed E-state index contributed by atoms with van der Waals surface area (Å²) in [5, 5.41) is 7.76. The van der Waals surface area contributed by atoms with Gasteiger partial charge in [-0.05, 0) is 0 Å². The quantitative estimate of drug-likeness (QED) is 0.495. The van der Waals surface area contributed by atoms with E-state index in [0.717, 1.165) is 0 Å². The minimum absolute atomic E-state index is 1.21. The first-order valence-electron chi connectivity index (χ1n) is 1.69. The highest BCUT2D eigenvalue weighted by molar-refractivity contribution is 7.86. The fourth-order valence-corrected chi connectivity index (χ4v) is 0.283. The zero-order chi connectivity index (χ0) is 6.78. The molecule has 0 bridgehead atoms. The van der Waals surface area contributed by atoms with Gasteiger partial charge in [0.05, 0.1) is 6.61 Å². The number of alkyl halides is 1. The highest BCUT2D eigenvalue weighted by atomic mass is 32.2. The van der Waals surface area contributed by atoms with Crippen molar-refractivity contribution in [1.29, 1.82) is 0 Å². The lowest BCUT2D eigenvalue weighted by molar-refractivity contribution is 0.217. The van der Waals surface area contributed by atoms with Crippen molar-refractivity contribution in [2.75, 3.05) is 6.61 Å². The van der Waals surface area contributed by atoms with Crippen LogP contribution >= 0.6 is 0 Å². The van der Waals surface area contributed by atoms with Crippen LogP contribution in [0.1, 0.15) is 0 Å². The van der Waals surface area contributed by atoms with Gasteiger partial charge in [0.2, 0.25) is 5.50 Å². The van der Waals surface area contributed by atoms with E-state index in [1.807, 2.05) is 0 Å². The largest absolute Gasteiger partial charge is 0.392 e. The van der Waals surface area contributed by atoms with Gasteiger partial charge in [-0.2, -0.15) is 8.42 Å². The Morgan fingerprint density at radius 3 is 2.00 bits per heavy atom. The van der Waals surface area contributed by atoms with Crippen LogP contribution in [-0.2, 0) is 10.1 Å². The van der Waals surface area contributed by atoms with Crippen molar-refractivity contribution < 1.29 is 22.5 Å². The summed E-state index contributed by atoms with van der Waals surface area (Å²) in [6.07, 6.45) is 0. The molecule has 0 aromatic heterocycles. The second-order valence-corrected chi connectivity index (χ2v) is 2.65. The normalized spacial score (nSPS) is 15.9. The SMILES string of the molecule is O=S(=O)(O)C(F)CO. The summed E-state index contributed by atoms with van der Waals surface area (Å²) in [4.78, 5) is 0. The lowest BCUT2D eigenvalue weighted by atomic mass is 10.8. The highest BCUT2D eigenvalue weighted by Crippen LogP contribution is 1.96. The second-order valence-electron chi connectivity index (χ2n) is 1.11. The summed E-state index contributed by atoms with van der Waals surface area (Å²) in [6.45, 7) is -1.21. The maximum atomic E-state index is 11.6. The number of hydrogen-bond acceptors (Lipinski definition) is 3. The first kappa shape index (κ1) is 7.80. The van der Waals surface area contributed by atoms with Crippen LogP contribution in [0, 0.1) is 0 Å². The molecule has 0 rings (SSSR count). The lowest BCUT2D eigenvalue weighted by Gasteiger charge is -1.96. The van der Waals surface area contributed by atoms with Gasteiger partial charge in [0, 0.05) is 0 Å². The molecule has 0 aliphatic heterocycles. The van der Waals surface area contributed by atoms with Crippen LogP contribution in [0.3, 0.4) is 0 Å². The van der Waals surface area contributed by atoms with Crippen LogP contribution in [0.4, 0.5) is 4.39 Å². The average molecular weight is 144 g/mol. The Balaban J connectivity index is 4.04. The zero-order valence-electron chi connectivity index (χ0n) is 3.78. The maximum absolute atomic E-state index is 11.6. The molecule has 1 unspecified atom stereocenters. The first-order valence-corrected chi connectivity index (χ1v) is 3.20. The smallest absolute Gasteiger partial charge is 0.299 e. The number of aliphatic hydroxyl groups excluding tert-OH is 1. The average Bonchev–Trinajstić information content (AvgIpc) is 1.62. The van der Waals surface area contributed by atoms with E-state index >= 15 is 0 Å². The number of aliphatic hydroxyl groups is 1. The van der Waals surface area contributed by atoms with E-state index < -0.39 is 22.2 Å². The number of halogens is 1. The minimum atomic E-state index is -4.67. The van der Waals surface area contributed by atoms with Crippen molar-refractivity contribution in [2.24, 2.45) is 0 Å². The van der Waals surface area contributed by atoms with Crippen molar-refractivity contribution in [1.82, 2.24) is 0 Å². The Hall–Kier alpha value is -0.200. The van der Waals surface area contributed by atoms with Crippen molar-refractivity contribution in [3.8, 4) is 0 Å². The van der Waals surface area contributed by atoms with Crippen molar-refractivity contribution in [3.63, 3.8) is 0 Å². The molecular weight excluding hydrogens is 139 g/mol. The molecule has 0 aliphatic rings. The topological polar surface area (TPSA) is 74.6 Å². The Morgan fingerprint density at radius 2 is 2.00 bits per heavy atom. The van der Waals surface area contributed by atoms with Gasteiger partial charge in [-0.1, -0.05) is 0 Å². The molecule has 2 N–H and O–H groups in total. The molecule has 0 saturated heterocycles. The van der Waals surface area contributed by atoms with E-state index in [9.17, 15) is 12.8 Å². The molecule has 0 aromatic carbocycles. The molecule has 0 spiro atoms. The summed E-state index contributed by atoms with van der Waals surface area (Å²) in [6, 6.07) is 0. The molecule has 8 heavy (non-hydrogen) atoms. The Labute approximate surface area is 45.7 Å². The van der Waals surface area contributed by atoms with Gasteiger partial charge in [0.1, 0.15) is 0 Å². The van der Waals surface area contributed by atoms with Crippen LogP contribution in [0.15, 0.2) is 0 Å². The maximum Gasteiger partial charge on any atom is 0.299 e. The molecule has 50 valence electrons. The zero-order valence-corrected chi connectivity index (χ0v) is 4.60. The van der Waals surface area contributed by atoms with Crippen LogP contribution in [-0.4, -0.2) is 30.2 Å². The van der Waals surface area contributed by atoms with E-state index in [0.29, 0.717) is 0 Å². The van der Waals surface area contributed by atoms with Gasteiger partial charge in [0.25, 0.3) is 10.1 Å². The Bertz CT molecular complexity index is 149. The van der Waals surface area contributed by atoms with E-state index in [1.54, 1.807) is 0 Å². The predicted octanol–water partition coefficient (Wildman–Crippen LogP) is -0.838. The third kappa shape index (κ3) is 2.20. The number of rotatable bonds is 2. The number of hydrogen-bond donors (Lipinski definition) is 2. The standard InChI is InChI=1S/C2H5FO4S/c3-2(1-4)8(5,6)7/h2,4H,1H2,(H,5,6,7). The van der Waals surface area contributed by atoms with Crippen LogP contribution < -0.4 is 0 Å². The summed E-state index contributed by atoms with van der Waals surface area (Å²) < 4.78 is 38.4. The first-order chi connectivity index (χ1) is 3.48. The monoisotopic (exact) mass is 144 g/mol.